The third-order valence-corrected chi connectivity index (χ3v) is 5.37. The molecule has 2 fully saturated rings. The van der Waals surface area contributed by atoms with Gasteiger partial charge in [0.2, 0.25) is 0 Å². The van der Waals surface area contributed by atoms with Gasteiger partial charge in [0.1, 0.15) is 5.75 Å². The van der Waals surface area contributed by atoms with Crippen molar-refractivity contribution in [3.8, 4) is 5.75 Å². The van der Waals surface area contributed by atoms with Crippen LogP contribution < -0.4 is 15.4 Å². The Balaban J connectivity index is 0.00000208. The van der Waals surface area contributed by atoms with Gasteiger partial charge in [-0.15, -0.1) is 24.0 Å². The maximum Gasteiger partial charge on any atom is 0.191 e. The van der Waals surface area contributed by atoms with Gasteiger partial charge in [-0.05, 0) is 56.9 Å². The van der Waals surface area contributed by atoms with Gasteiger partial charge >= 0.3 is 0 Å². The van der Waals surface area contributed by atoms with Gasteiger partial charge in [0.15, 0.2) is 5.96 Å². The number of rotatable bonds is 6. The smallest absolute Gasteiger partial charge is 0.191 e. The molecule has 134 valence electrons. The predicted molar refractivity (Wildman–Crippen MR) is 110 cm³/mol. The van der Waals surface area contributed by atoms with Crippen LogP contribution in [0.5, 0.6) is 5.75 Å². The molecule has 1 atom stereocenters. The van der Waals surface area contributed by atoms with Gasteiger partial charge in [0, 0.05) is 19.2 Å². The average molecular weight is 443 g/mol. The van der Waals surface area contributed by atoms with Gasteiger partial charge in [-0.25, -0.2) is 0 Å². The van der Waals surface area contributed by atoms with E-state index in [1.54, 1.807) is 7.11 Å². The van der Waals surface area contributed by atoms with Gasteiger partial charge in [-0.2, -0.15) is 0 Å². The first kappa shape index (κ1) is 19.3. The standard InChI is InChI=1S/C19H29N3O.HI/c1-13-5-8-17(23-4)16(11-13)14(2)22-18(20-3)21-12-19(9-10-19)15-6-7-15;/h5,8,11,14-15H,6-7,9-10,12H2,1-4H3,(H2,20,21,22);1H. The highest BCUT2D eigenvalue weighted by molar-refractivity contribution is 14.0. The average Bonchev–Trinajstić information content (AvgIpc) is 3.44. The van der Waals surface area contributed by atoms with E-state index >= 15 is 0 Å². The van der Waals surface area contributed by atoms with E-state index in [4.69, 9.17) is 4.74 Å². The Morgan fingerprint density at radius 3 is 2.62 bits per heavy atom. The van der Waals surface area contributed by atoms with Crippen molar-refractivity contribution in [2.45, 2.75) is 45.6 Å². The molecule has 3 rings (SSSR count). The summed E-state index contributed by atoms with van der Waals surface area (Å²) in [6.07, 6.45) is 5.60. The molecular weight excluding hydrogens is 413 g/mol. The summed E-state index contributed by atoms with van der Waals surface area (Å²) in [5.74, 6) is 2.76. The second kappa shape index (κ2) is 7.93. The van der Waals surface area contributed by atoms with Crippen LogP contribution in [0.2, 0.25) is 0 Å². The highest BCUT2D eigenvalue weighted by Gasteiger charge is 2.53. The minimum atomic E-state index is 0. The summed E-state index contributed by atoms with van der Waals surface area (Å²) in [5.41, 5.74) is 2.98. The van der Waals surface area contributed by atoms with Crippen LogP contribution in [0.3, 0.4) is 0 Å². The van der Waals surface area contributed by atoms with Crippen molar-refractivity contribution >= 4 is 29.9 Å². The molecule has 1 unspecified atom stereocenters. The lowest BCUT2D eigenvalue weighted by Crippen LogP contribution is -2.41. The molecule has 2 aliphatic rings. The minimum absolute atomic E-state index is 0. The third kappa shape index (κ3) is 4.35. The van der Waals surface area contributed by atoms with E-state index in [1.165, 1.54) is 36.8 Å². The van der Waals surface area contributed by atoms with E-state index in [9.17, 15) is 0 Å². The minimum Gasteiger partial charge on any atom is -0.496 e. The van der Waals surface area contributed by atoms with E-state index in [1.807, 2.05) is 13.1 Å². The summed E-state index contributed by atoms with van der Waals surface area (Å²) < 4.78 is 5.50. The first-order valence-corrected chi connectivity index (χ1v) is 8.70. The van der Waals surface area contributed by atoms with Crippen LogP contribution in [0.15, 0.2) is 23.2 Å². The normalized spacial score (nSPS) is 19.9. The molecule has 0 radical (unpaired) electrons. The molecule has 5 heteroatoms. The van der Waals surface area contributed by atoms with Crippen molar-refractivity contribution in [3.63, 3.8) is 0 Å². The molecule has 0 aromatic heterocycles. The molecule has 2 saturated carbocycles. The molecule has 1 aromatic rings. The van der Waals surface area contributed by atoms with E-state index in [0.29, 0.717) is 5.41 Å². The fourth-order valence-electron chi connectivity index (χ4n) is 3.52. The van der Waals surface area contributed by atoms with Crippen molar-refractivity contribution in [3.05, 3.63) is 29.3 Å². The summed E-state index contributed by atoms with van der Waals surface area (Å²) in [7, 11) is 3.56. The predicted octanol–water partition coefficient (Wildman–Crippen LogP) is 4.04. The SMILES string of the molecule is CN=C(NCC1(C2CC2)CC1)NC(C)c1cc(C)ccc1OC.I. The van der Waals surface area contributed by atoms with E-state index in [0.717, 1.165) is 24.2 Å². The van der Waals surface area contributed by atoms with E-state index < -0.39 is 0 Å². The Hall–Kier alpha value is -0.980. The van der Waals surface area contributed by atoms with Crippen molar-refractivity contribution in [2.75, 3.05) is 20.7 Å². The molecule has 4 nitrogen and oxygen atoms in total. The zero-order valence-corrected chi connectivity index (χ0v) is 17.5. The van der Waals surface area contributed by atoms with Crippen molar-refractivity contribution in [2.24, 2.45) is 16.3 Å². The molecule has 0 heterocycles. The Labute approximate surface area is 162 Å². The molecular formula is C19H30IN3O. The first-order valence-electron chi connectivity index (χ1n) is 8.70. The first-order chi connectivity index (χ1) is 11.1. The fourth-order valence-corrected chi connectivity index (χ4v) is 3.52. The zero-order chi connectivity index (χ0) is 16.4. The summed E-state index contributed by atoms with van der Waals surface area (Å²) in [6.45, 7) is 5.31. The van der Waals surface area contributed by atoms with Crippen LogP contribution in [-0.2, 0) is 0 Å². The zero-order valence-electron chi connectivity index (χ0n) is 15.2. The van der Waals surface area contributed by atoms with Gasteiger partial charge in [-0.3, -0.25) is 4.99 Å². The highest BCUT2D eigenvalue weighted by Crippen LogP contribution is 2.60. The number of aliphatic imine (C=N–C) groups is 1. The molecule has 0 amide bonds. The Bertz CT molecular complexity index is 594. The molecule has 0 spiro atoms. The Morgan fingerprint density at radius 1 is 1.38 bits per heavy atom. The number of aryl methyl sites for hydroxylation is 1. The van der Waals surface area contributed by atoms with Gasteiger partial charge in [0.25, 0.3) is 0 Å². The van der Waals surface area contributed by atoms with Gasteiger partial charge in [-0.1, -0.05) is 17.7 Å². The van der Waals surface area contributed by atoms with Crippen LogP contribution in [0, 0.1) is 18.3 Å². The fraction of sp³-hybridized carbons (Fsp3) is 0.632. The number of hydrogen-bond donors (Lipinski definition) is 2. The number of benzene rings is 1. The molecule has 0 bridgehead atoms. The second-order valence-corrected chi connectivity index (χ2v) is 7.17. The van der Waals surface area contributed by atoms with Crippen LogP contribution in [0.4, 0.5) is 0 Å². The topological polar surface area (TPSA) is 45.7 Å². The summed E-state index contributed by atoms with van der Waals surface area (Å²) in [6, 6.07) is 6.43. The van der Waals surface area contributed by atoms with Crippen LogP contribution in [0.25, 0.3) is 0 Å². The summed E-state index contributed by atoms with van der Waals surface area (Å²) in [4.78, 5) is 4.40. The Morgan fingerprint density at radius 2 is 2.08 bits per heavy atom. The number of methoxy groups -OCH3 is 1. The Kier molecular flexibility index (Phi) is 6.39. The lowest BCUT2D eigenvalue weighted by atomic mass is 10.0. The number of halogens is 1. The number of hydrogen-bond acceptors (Lipinski definition) is 2. The maximum absolute atomic E-state index is 5.50. The van der Waals surface area contributed by atoms with Crippen molar-refractivity contribution in [1.82, 2.24) is 10.6 Å². The monoisotopic (exact) mass is 443 g/mol. The number of ether oxygens (including phenoxy) is 1. The van der Waals surface area contributed by atoms with Crippen molar-refractivity contribution in [1.29, 1.82) is 0 Å². The second-order valence-electron chi connectivity index (χ2n) is 7.17. The van der Waals surface area contributed by atoms with Crippen molar-refractivity contribution < 1.29 is 4.74 Å². The van der Waals surface area contributed by atoms with Crippen LogP contribution in [0.1, 0.15) is 49.8 Å². The summed E-state index contributed by atoms with van der Waals surface area (Å²) in [5, 5.41) is 7.05. The largest absolute Gasteiger partial charge is 0.496 e. The van der Waals surface area contributed by atoms with E-state index in [-0.39, 0.29) is 30.0 Å². The summed E-state index contributed by atoms with van der Waals surface area (Å²) >= 11 is 0. The number of nitrogens with zero attached hydrogens (tertiary/aromatic N) is 1. The van der Waals surface area contributed by atoms with Crippen LogP contribution in [-0.4, -0.2) is 26.7 Å². The quantitative estimate of drug-likeness (QED) is 0.397. The molecule has 0 saturated heterocycles. The molecule has 24 heavy (non-hydrogen) atoms. The van der Waals surface area contributed by atoms with Gasteiger partial charge in [0.05, 0.1) is 13.2 Å². The number of nitrogens with one attached hydrogen (secondary N) is 2. The van der Waals surface area contributed by atoms with E-state index in [2.05, 4.69) is 41.6 Å². The molecule has 1 aromatic carbocycles. The molecule has 2 N–H and O–H groups in total. The maximum atomic E-state index is 5.50. The highest BCUT2D eigenvalue weighted by atomic mass is 127. The van der Waals surface area contributed by atoms with Gasteiger partial charge < -0.3 is 15.4 Å². The van der Waals surface area contributed by atoms with Crippen LogP contribution >= 0.6 is 24.0 Å². The lowest BCUT2D eigenvalue weighted by molar-refractivity contribution is 0.404. The lowest BCUT2D eigenvalue weighted by Gasteiger charge is -2.22. The third-order valence-electron chi connectivity index (χ3n) is 5.37. The molecule has 2 aliphatic carbocycles. The molecule has 0 aliphatic heterocycles. The number of guanidine groups is 1.